The fourth-order valence-electron chi connectivity index (χ4n) is 2.69. The molecule has 0 spiro atoms. The first kappa shape index (κ1) is 21.9. The summed E-state index contributed by atoms with van der Waals surface area (Å²) in [6.45, 7) is 1.76. The molecule has 1 amide bonds. The molecule has 1 aromatic heterocycles. The molecule has 0 radical (unpaired) electrons. The Kier molecular flexibility index (Phi) is 6.61. The van der Waals surface area contributed by atoms with E-state index in [1.807, 2.05) is 0 Å². The van der Waals surface area contributed by atoms with Crippen molar-refractivity contribution in [3.05, 3.63) is 76.7 Å². The Balaban J connectivity index is 1.81. The first-order valence-corrected chi connectivity index (χ1v) is 9.68. The standard InChI is InChI=1S/C22H21ClN6O2/c1-13-19(20(24)31-22(25)27-17-10-8-16(23)9-11-17)28-18(12-26-13)14-4-6-15(7-5-14)21(30)29(2)3/h4-12,24H,1-3H3,(H2,25,27)/p+1. The number of amides is 1. The van der Waals surface area contributed by atoms with E-state index in [0.29, 0.717) is 33.4 Å². The number of aliphatic imine (C=N–C) groups is 1. The average molecular weight is 438 g/mol. The fraction of sp³-hybridized carbons (Fsp3) is 0.136. The number of benzene rings is 2. The van der Waals surface area contributed by atoms with Crippen LogP contribution in [0.5, 0.6) is 0 Å². The summed E-state index contributed by atoms with van der Waals surface area (Å²) >= 11 is 5.86. The number of rotatable bonds is 4. The van der Waals surface area contributed by atoms with E-state index in [0.717, 1.165) is 5.56 Å². The lowest BCUT2D eigenvalue weighted by Crippen LogP contribution is -2.45. The maximum Gasteiger partial charge on any atom is 0.395 e. The van der Waals surface area contributed by atoms with Crippen molar-refractivity contribution in [1.82, 2.24) is 14.9 Å². The molecule has 3 aromatic rings. The molecule has 158 valence electrons. The Hall–Kier alpha value is -3.78. The van der Waals surface area contributed by atoms with E-state index in [4.69, 9.17) is 27.5 Å². The van der Waals surface area contributed by atoms with Crippen molar-refractivity contribution in [1.29, 1.82) is 0 Å². The van der Waals surface area contributed by atoms with E-state index in [-0.39, 0.29) is 17.8 Å². The molecule has 2 aromatic carbocycles. The zero-order valence-electron chi connectivity index (χ0n) is 17.3. The van der Waals surface area contributed by atoms with Crippen LogP contribution in [0.1, 0.15) is 21.7 Å². The summed E-state index contributed by atoms with van der Waals surface area (Å²) in [7, 11) is 3.41. The molecular weight excluding hydrogens is 416 g/mol. The third-order valence-corrected chi connectivity index (χ3v) is 4.56. The van der Waals surface area contributed by atoms with Crippen LogP contribution in [-0.2, 0) is 4.74 Å². The number of nitrogens with two attached hydrogens (primary N) is 2. The van der Waals surface area contributed by atoms with Gasteiger partial charge in [-0.1, -0.05) is 23.7 Å². The quantitative estimate of drug-likeness (QED) is 0.477. The lowest BCUT2D eigenvalue weighted by Gasteiger charge is -2.10. The number of hydrogen-bond acceptors (Lipinski definition) is 5. The van der Waals surface area contributed by atoms with Crippen LogP contribution in [-0.4, -0.2) is 46.8 Å². The number of carbonyl (C=O) groups is 1. The molecule has 4 N–H and O–H groups in total. The maximum absolute atomic E-state index is 12.1. The van der Waals surface area contributed by atoms with Gasteiger partial charge in [-0.25, -0.2) is 10.4 Å². The molecule has 0 aliphatic rings. The second kappa shape index (κ2) is 9.36. The molecule has 1 heterocycles. The number of nitrogens with zero attached hydrogens (tertiary/aromatic N) is 4. The van der Waals surface area contributed by atoms with Crippen molar-refractivity contribution >= 4 is 35.1 Å². The Morgan fingerprint density at radius 2 is 1.77 bits per heavy atom. The number of aryl methyl sites for hydroxylation is 1. The summed E-state index contributed by atoms with van der Waals surface area (Å²) in [5.74, 6) is -0.106. The zero-order valence-corrected chi connectivity index (χ0v) is 18.1. The third-order valence-electron chi connectivity index (χ3n) is 4.30. The number of aromatic nitrogens is 2. The largest absolute Gasteiger partial charge is 0.395 e. The fourth-order valence-corrected chi connectivity index (χ4v) is 2.82. The number of carbonyl (C=O) groups excluding carboxylic acids is 1. The number of amidine groups is 1. The van der Waals surface area contributed by atoms with Crippen molar-refractivity contribution in [2.75, 3.05) is 14.1 Å². The predicted molar refractivity (Wildman–Crippen MR) is 120 cm³/mol. The summed E-state index contributed by atoms with van der Waals surface area (Å²) in [6.07, 6.45) is 1.63. The van der Waals surface area contributed by atoms with Gasteiger partial charge in [-0.3, -0.25) is 9.78 Å². The van der Waals surface area contributed by atoms with Gasteiger partial charge in [0.15, 0.2) is 5.69 Å². The van der Waals surface area contributed by atoms with E-state index >= 15 is 0 Å². The van der Waals surface area contributed by atoms with Gasteiger partial charge < -0.3 is 15.4 Å². The van der Waals surface area contributed by atoms with Crippen LogP contribution in [0.3, 0.4) is 0 Å². The molecule has 0 unspecified atom stereocenters. The SMILES string of the molecule is Cc1ncc(-c2ccc(C(=O)N(C)C)cc2)nc1C(=[NH2+])OC(N)=Nc1ccc(Cl)cc1. The topological polar surface area (TPSA) is 119 Å². The molecule has 0 aliphatic heterocycles. The summed E-state index contributed by atoms with van der Waals surface area (Å²) in [6, 6.07) is 13.7. The van der Waals surface area contributed by atoms with Crippen LogP contribution in [0.15, 0.2) is 59.7 Å². The highest BCUT2D eigenvalue weighted by Gasteiger charge is 2.19. The summed E-state index contributed by atoms with van der Waals surface area (Å²) in [5, 5.41) is 6.67. The van der Waals surface area contributed by atoms with Gasteiger partial charge in [0.25, 0.3) is 11.9 Å². The van der Waals surface area contributed by atoms with Crippen LogP contribution in [0, 0.1) is 6.92 Å². The second-order valence-electron chi connectivity index (χ2n) is 6.86. The number of halogens is 1. The van der Waals surface area contributed by atoms with E-state index < -0.39 is 0 Å². The van der Waals surface area contributed by atoms with Gasteiger partial charge in [-0.05, 0) is 43.3 Å². The van der Waals surface area contributed by atoms with Crippen LogP contribution in [0.25, 0.3) is 11.3 Å². The van der Waals surface area contributed by atoms with Crippen LogP contribution in [0.4, 0.5) is 5.69 Å². The number of hydrogen-bond donors (Lipinski definition) is 2. The highest BCUT2D eigenvalue weighted by Crippen LogP contribution is 2.19. The van der Waals surface area contributed by atoms with Gasteiger partial charge in [-0.15, -0.1) is 0 Å². The molecular formula is C22H22ClN6O2+. The maximum atomic E-state index is 12.1. The molecule has 31 heavy (non-hydrogen) atoms. The Bertz CT molecular complexity index is 1140. The first-order chi connectivity index (χ1) is 14.7. The molecule has 9 heteroatoms. The van der Waals surface area contributed by atoms with Crippen LogP contribution >= 0.6 is 11.6 Å². The van der Waals surface area contributed by atoms with Gasteiger partial charge in [0.2, 0.25) is 0 Å². The van der Waals surface area contributed by atoms with Crippen molar-refractivity contribution in [3.8, 4) is 11.3 Å². The Labute approximate surface area is 184 Å². The van der Waals surface area contributed by atoms with E-state index in [1.165, 1.54) is 4.90 Å². The van der Waals surface area contributed by atoms with Gasteiger partial charge in [-0.2, -0.15) is 4.99 Å². The molecule has 0 saturated heterocycles. The average Bonchev–Trinajstić information content (AvgIpc) is 2.75. The summed E-state index contributed by atoms with van der Waals surface area (Å²) in [5.41, 5.74) is 9.27. The molecule has 0 atom stereocenters. The Morgan fingerprint density at radius 1 is 1.13 bits per heavy atom. The van der Waals surface area contributed by atoms with Crippen LogP contribution < -0.4 is 11.1 Å². The van der Waals surface area contributed by atoms with Crippen molar-refractivity contribution in [2.45, 2.75) is 6.92 Å². The number of ether oxygens (including phenoxy) is 1. The molecule has 8 nitrogen and oxygen atoms in total. The van der Waals surface area contributed by atoms with E-state index in [9.17, 15) is 4.79 Å². The third kappa shape index (κ3) is 5.43. The minimum Gasteiger partial charge on any atom is -0.369 e. The predicted octanol–water partition coefficient (Wildman–Crippen LogP) is 1.98. The van der Waals surface area contributed by atoms with E-state index in [1.54, 1.807) is 75.7 Å². The van der Waals surface area contributed by atoms with Gasteiger partial charge >= 0.3 is 5.90 Å². The first-order valence-electron chi connectivity index (χ1n) is 9.30. The minimum atomic E-state index is -0.141. The van der Waals surface area contributed by atoms with Gasteiger partial charge in [0.05, 0.1) is 23.3 Å². The van der Waals surface area contributed by atoms with Gasteiger partial charge in [0, 0.05) is 30.2 Å². The van der Waals surface area contributed by atoms with Gasteiger partial charge in [0.1, 0.15) is 0 Å². The highest BCUT2D eigenvalue weighted by molar-refractivity contribution is 6.30. The minimum absolute atomic E-state index is 0.0264. The van der Waals surface area contributed by atoms with Crippen molar-refractivity contribution in [2.24, 2.45) is 10.7 Å². The molecule has 3 rings (SSSR count). The molecule has 0 fully saturated rings. The molecule has 0 saturated carbocycles. The lowest BCUT2D eigenvalue weighted by molar-refractivity contribution is -0.131. The summed E-state index contributed by atoms with van der Waals surface area (Å²) in [4.78, 5) is 26.6. The molecule has 0 bridgehead atoms. The van der Waals surface area contributed by atoms with E-state index in [2.05, 4.69) is 15.0 Å². The Morgan fingerprint density at radius 3 is 2.39 bits per heavy atom. The highest BCUT2D eigenvalue weighted by atomic mass is 35.5. The van der Waals surface area contributed by atoms with Crippen molar-refractivity contribution < 1.29 is 14.9 Å². The normalized spacial score (nSPS) is 11.2. The second-order valence-corrected chi connectivity index (χ2v) is 7.30. The lowest BCUT2D eigenvalue weighted by atomic mass is 10.1. The zero-order chi connectivity index (χ0) is 22.5. The van der Waals surface area contributed by atoms with Crippen LogP contribution in [0.2, 0.25) is 5.02 Å². The smallest absolute Gasteiger partial charge is 0.369 e. The van der Waals surface area contributed by atoms with Crippen molar-refractivity contribution in [3.63, 3.8) is 0 Å². The summed E-state index contributed by atoms with van der Waals surface area (Å²) < 4.78 is 5.46. The monoisotopic (exact) mass is 437 g/mol. The molecule has 0 aliphatic carbocycles.